The van der Waals surface area contributed by atoms with Crippen LogP contribution in [0.3, 0.4) is 0 Å². The minimum Gasteiger partial charge on any atom is -0.354 e. The molecule has 0 unspecified atom stereocenters. The van der Waals surface area contributed by atoms with Crippen LogP contribution in [0.5, 0.6) is 0 Å². The number of hydrogen-bond acceptors (Lipinski definition) is 2. The fourth-order valence-electron chi connectivity index (χ4n) is 2.41. The second-order valence-electron chi connectivity index (χ2n) is 6.41. The summed E-state index contributed by atoms with van der Waals surface area (Å²) in [4.78, 5) is 12.2. The Morgan fingerprint density at radius 1 is 1.17 bits per heavy atom. The van der Waals surface area contributed by atoms with Crippen LogP contribution >= 0.6 is 24.0 Å². The van der Waals surface area contributed by atoms with Crippen LogP contribution in [0.15, 0.2) is 54.6 Å². The predicted octanol–water partition coefficient (Wildman–Crippen LogP) is 3.73. The standard InChI is InChI=1S/C19H23ClN2O.ClH/c1-19(2,15-9-6-10-16(20)12-15)13-22-18(23)17(21)11-14-7-4-3-5-8-14;/h3-10,12,17H,11,13,21H2,1-2H3,(H,22,23);1H/t17-;/m0./s1. The smallest absolute Gasteiger partial charge is 0.237 e. The average molecular weight is 367 g/mol. The van der Waals surface area contributed by atoms with Crippen LogP contribution in [0.4, 0.5) is 0 Å². The van der Waals surface area contributed by atoms with Crippen molar-refractivity contribution in [2.24, 2.45) is 5.73 Å². The molecule has 0 saturated heterocycles. The highest BCUT2D eigenvalue weighted by molar-refractivity contribution is 6.30. The molecule has 0 saturated carbocycles. The number of rotatable bonds is 6. The topological polar surface area (TPSA) is 55.1 Å². The molecule has 0 aliphatic rings. The van der Waals surface area contributed by atoms with Gasteiger partial charge in [0.2, 0.25) is 5.91 Å². The molecule has 2 aromatic carbocycles. The van der Waals surface area contributed by atoms with Crippen LogP contribution in [-0.2, 0) is 16.6 Å². The molecule has 0 radical (unpaired) electrons. The van der Waals surface area contributed by atoms with Crippen LogP contribution < -0.4 is 11.1 Å². The Kier molecular flexibility index (Phi) is 7.74. The van der Waals surface area contributed by atoms with E-state index >= 15 is 0 Å². The Hall–Kier alpha value is -1.55. The highest BCUT2D eigenvalue weighted by atomic mass is 35.5. The quantitative estimate of drug-likeness (QED) is 0.818. The zero-order valence-electron chi connectivity index (χ0n) is 14.0. The average Bonchev–Trinajstić information content (AvgIpc) is 2.53. The summed E-state index contributed by atoms with van der Waals surface area (Å²) in [5.74, 6) is -0.135. The lowest BCUT2D eigenvalue weighted by Crippen LogP contribution is -2.46. The fraction of sp³-hybridized carbons (Fsp3) is 0.316. The van der Waals surface area contributed by atoms with Gasteiger partial charge in [-0.25, -0.2) is 0 Å². The van der Waals surface area contributed by atoms with E-state index in [1.165, 1.54) is 0 Å². The monoisotopic (exact) mass is 366 g/mol. The second kappa shape index (κ2) is 9.07. The first-order valence-corrected chi connectivity index (χ1v) is 8.09. The molecular formula is C19H24Cl2N2O. The van der Waals surface area contributed by atoms with E-state index < -0.39 is 6.04 Å². The summed E-state index contributed by atoms with van der Waals surface area (Å²) in [6.07, 6.45) is 0.532. The van der Waals surface area contributed by atoms with Crippen LogP contribution in [0.1, 0.15) is 25.0 Å². The Bertz CT molecular complexity index is 659. The molecule has 0 aromatic heterocycles. The van der Waals surface area contributed by atoms with Gasteiger partial charge in [-0.15, -0.1) is 12.4 Å². The van der Waals surface area contributed by atoms with Crippen molar-refractivity contribution in [3.63, 3.8) is 0 Å². The van der Waals surface area contributed by atoms with Crippen molar-refractivity contribution in [1.82, 2.24) is 5.32 Å². The highest BCUT2D eigenvalue weighted by Gasteiger charge is 2.23. The number of benzene rings is 2. The van der Waals surface area contributed by atoms with Crippen molar-refractivity contribution in [2.45, 2.75) is 31.7 Å². The third-order valence-electron chi connectivity index (χ3n) is 3.95. The first-order valence-electron chi connectivity index (χ1n) is 7.72. The molecule has 3 nitrogen and oxygen atoms in total. The maximum atomic E-state index is 12.2. The summed E-state index contributed by atoms with van der Waals surface area (Å²) >= 11 is 6.05. The van der Waals surface area contributed by atoms with Gasteiger partial charge in [0.25, 0.3) is 0 Å². The van der Waals surface area contributed by atoms with Gasteiger partial charge in [-0.2, -0.15) is 0 Å². The van der Waals surface area contributed by atoms with Crippen LogP contribution in [0.25, 0.3) is 0 Å². The minimum absolute atomic E-state index is 0. The van der Waals surface area contributed by atoms with E-state index in [1.54, 1.807) is 0 Å². The predicted molar refractivity (Wildman–Crippen MR) is 103 cm³/mol. The van der Waals surface area contributed by atoms with E-state index in [2.05, 4.69) is 19.2 Å². The van der Waals surface area contributed by atoms with E-state index in [0.29, 0.717) is 18.0 Å². The van der Waals surface area contributed by atoms with E-state index in [1.807, 2.05) is 54.6 Å². The molecule has 0 spiro atoms. The number of halogens is 2. The molecule has 3 N–H and O–H groups in total. The summed E-state index contributed by atoms with van der Waals surface area (Å²) in [5.41, 5.74) is 7.94. The molecule has 0 aliphatic heterocycles. The molecule has 0 fully saturated rings. The van der Waals surface area contributed by atoms with E-state index in [-0.39, 0.29) is 23.7 Å². The van der Waals surface area contributed by atoms with E-state index in [4.69, 9.17) is 17.3 Å². The third kappa shape index (κ3) is 5.82. The van der Waals surface area contributed by atoms with Crippen LogP contribution in [0.2, 0.25) is 5.02 Å². The molecule has 1 atom stereocenters. The Morgan fingerprint density at radius 3 is 2.46 bits per heavy atom. The molecule has 2 rings (SSSR count). The van der Waals surface area contributed by atoms with Gasteiger partial charge in [0, 0.05) is 17.0 Å². The number of nitrogens with one attached hydrogen (secondary N) is 1. The maximum absolute atomic E-state index is 12.2. The first kappa shape index (κ1) is 20.5. The number of nitrogens with two attached hydrogens (primary N) is 1. The zero-order valence-corrected chi connectivity index (χ0v) is 15.5. The van der Waals surface area contributed by atoms with Gasteiger partial charge in [-0.1, -0.05) is 67.9 Å². The molecule has 130 valence electrons. The Morgan fingerprint density at radius 2 is 1.83 bits per heavy atom. The lowest BCUT2D eigenvalue weighted by molar-refractivity contribution is -0.122. The molecule has 1 amide bonds. The van der Waals surface area contributed by atoms with Crippen LogP contribution in [0, 0.1) is 0 Å². The van der Waals surface area contributed by atoms with Crippen molar-refractivity contribution < 1.29 is 4.79 Å². The summed E-state index contributed by atoms with van der Waals surface area (Å²) in [6, 6.07) is 16.9. The van der Waals surface area contributed by atoms with Gasteiger partial charge in [-0.3, -0.25) is 4.79 Å². The number of amides is 1. The SMILES string of the molecule is CC(C)(CNC(=O)[C@@H](N)Cc1ccccc1)c1cccc(Cl)c1.Cl. The summed E-state index contributed by atoms with van der Waals surface area (Å²) in [5, 5.41) is 3.65. The highest BCUT2D eigenvalue weighted by Crippen LogP contribution is 2.24. The van der Waals surface area contributed by atoms with Gasteiger partial charge >= 0.3 is 0 Å². The zero-order chi connectivity index (χ0) is 16.9. The van der Waals surface area contributed by atoms with Crippen molar-refractivity contribution >= 4 is 29.9 Å². The van der Waals surface area contributed by atoms with Crippen LogP contribution in [-0.4, -0.2) is 18.5 Å². The molecule has 24 heavy (non-hydrogen) atoms. The largest absolute Gasteiger partial charge is 0.354 e. The van der Waals surface area contributed by atoms with Crippen molar-refractivity contribution in [2.75, 3.05) is 6.54 Å². The minimum atomic E-state index is -0.549. The van der Waals surface area contributed by atoms with E-state index in [9.17, 15) is 4.79 Å². The maximum Gasteiger partial charge on any atom is 0.237 e. The molecule has 0 heterocycles. The van der Waals surface area contributed by atoms with Gasteiger partial charge in [-0.05, 0) is 29.7 Å². The Balaban J connectivity index is 0.00000288. The van der Waals surface area contributed by atoms with E-state index in [0.717, 1.165) is 11.1 Å². The molecule has 2 aromatic rings. The van der Waals surface area contributed by atoms with Gasteiger partial charge in [0.15, 0.2) is 0 Å². The number of hydrogen-bond donors (Lipinski definition) is 2. The lowest BCUT2D eigenvalue weighted by Gasteiger charge is -2.26. The number of carbonyl (C=O) groups excluding carboxylic acids is 1. The summed E-state index contributed by atoms with van der Waals surface area (Å²) in [7, 11) is 0. The fourth-order valence-corrected chi connectivity index (χ4v) is 2.60. The summed E-state index contributed by atoms with van der Waals surface area (Å²) in [6.45, 7) is 4.65. The Labute approximate surface area is 155 Å². The molecular weight excluding hydrogens is 343 g/mol. The van der Waals surface area contributed by atoms with Gasteiger partial charge in [0.1, 0.15) is 0 Å². The second-order valence-corrected chi connectivity index (χ2v) is 6.84. The summed E-state index contributed by atoms with van der Waals surface area (Å²) < 4.78 is 0. The molecule has 0 bridgehead atoms. The normalized spacial score (nSPS) is 12.2. The number of carbonyl (C=O) groups is 1. The van der Waals surface area contributed by atoms with Crippen molar-refractivity contribution in [1.29, 1.82) is 0 Å². The molecule has 0 aliphatic carbocycles. The van der Waals surface area contributed by atoms with Gasteiger partial charge < -0.3 is 11.1 Å². The first-order chi connectivity index (χ1) is 10.9. The van der Waals surface area contributed by atoms with Gasteiger partial charge in [0.05, 0.1) is 6.04 Å². The van der Waals surface area contributed by atoms with Crippen molar-refractivity contribution in [3.8, 4) is 0 Å². The lowest BCUT2D eigenvalue weighted by atomic mass is 9.84. The van der Waals surface area contributed by atoms with Crippen molar-refractivity contribution in [3.05, 3.63) is 70.7 Å². The third-order valence-corrected chi connectivity index (χ3v) is 4.18. The molecule has 5 heteroatoms.